The number of imidazole rings is 1. The van der Waals surface area contributed by atoms with E-state index < -0.39 is 6.04 Å². The summed E-state index contributed by atoms with van der Waals surface area (Å²) in [4.78, 5) is 17.5. The van der Waals surface area contributed by atoms with Crippen molar-refractivity contribution in [2.75, 3.05) is 0 Å². The molecule has 0 bridgehead atoms. The number of rotatable bonds is 5. The summed E-state index contributed by atoms with van der Waals surface area (Å²) in [6.45, 7) is 3.98. The highest BCUT2D eigenvalue weighted by atomic mass is 35.5. The van der Waals surface area contributed by atoms with Crippen molar-refractivity contribution in [3.05, 3.63) is 100 Å². The van der Waals surface area contributed by atoms with Gasteiger partial charge in [-0.2, -0.15) is 0 Å². The molecule has 1 unspecified atom stereocenters. The predicted molar refractivity (Wildman–Crippen MR) is 117 cm³/mol. The molecule has 4 nitrogen and oxygen atoms in total. The Kier molecular flexibility index (Phi) is 5.55. The van der Waals surface area contributed by atoms with Crippen LogP contribution in [0.25, 0.3) is 11.0 Å². The zero-order chi connectivity index (χ0) is 21.3. The molecule has 1 amide bonds. The third-order valence-electron chi connectivity index (χ3n) is 5.19. The summed E-state index contributed by atoms with van der Waals surface area (Å²) in [5, 5.41) is 3.38. The molecule has 1 atom stereocenters. The minimum Gasteiger partial charge on any atom is -0.342 e. The molecule has 6 heteroatoms. The Hall–Kier alpha value is -3.18. The molecule has 4 aromatic rings. The van der Waals surface area contributed by atoms with Gasteiger partial charge in [0.1, 0.15) is 11.6 Å². The van der Waals surface area contributed by atoms with E-state index in [-0.39, 0.29) is 18.3 Å². The fourth-order valence-electron chi connectivity index (χ4n) is 3.60. The Labute approximate surface area is 179 Å². The number of carbonyl (C=O) groups excluding carboxylic acids is 1. The lowest BCUT2D eigenvalue weighted by Gasteiger charge is -2.18. The van der Waals surface area contributed by atoms with Crippen molar-refractivity contribution in [3.63, 3.8) is 0 Å². The number of nitrogens with zero attached hydrogens (tertiary/aromatic N) is 2. The largest absolute Gasteiger partial charge is 0.342 e. The summed E-state index contributed by atoms with van der Waals surface area (Å²) in [6.07, 6.45) is 0. The molecule has 1 heterocycles. The number of fused-ring (bicyclic) bond motifs is 1. The molecular weight excluding hydrogens is 401 g/mol. The van der Waals surface area contributed by atoms with Crippen LogP contribution in [0.2, 0.25) is 5.02 Å². The van der Waals surface area contributed by atoms with Gasteiger partial charge in [-0.15, -0.1) is 0 Å². The standard InChI is InChI=1S/C24H21ClFN3O/c1-15-8-3-4-9-17(15)24(30)27-16(2)23-28-21-12-5-6-13-22(21)29(23)14-18-19(25)10-7-11-20(18)26/h3-13,16H,14H2,1-2H3,(H,27,30). The molecule has 0 spiro atoms. The zero-order valence-electron chi connectivity index (χ0n) is 16.7. The first-order valence-corrected chi connectivity index (χ1v) is 10.1. The van der Waals surface area contributed by atoms with E-state index in [2.05, 4.69) is 5.32 Å². The van der Waals surface area contributed by atoms with Gasteiger partial charge in [-0.05, 0) is 49.7 Å². The molecule has 0 aliphatic heterocycles. The van der Waals surface area contributed by atoms with Crippen LogP contribution < -0.4 is 5.32 Å². The van der Waals surface area contributed by atoms with E-state index in [4.69, 9.17) is 16.6 Å². The number of hydrogen-bond donors (Lipinski definition) is 1. The van der Waals surface area contributed by atoms with Gasteiger partial charge < -0.3 is 9.88 Å². The van der Waals surface area contributed by atoms with E-state index >= 15 is 0 Å². The Bertz CT molecular complexity index is 1210. The molecule has 1 N–H and O–H groups in total. The second-order valence-corrected chi connectivity index (χ2v) is 7.66. The van der Waals surface area contributed by atoms with Crippen LogP contribution in [0, 0.1) is 12.7 Å². The van der Waals surface area contributed by atoms with Crippen LogP contribution in [0.5, 0.6) is 0 Å². The van der Waals surface area contributed by atoms with Crippen LogP contribution in [0.3, 0.4) is 0 Å². The summed E-state index contributed by atoms with van der Waals surface area (Å²) in [5.74, 6) is 0.0865. The van der Waals surface area contributed by atoms with Gasteiger partial charge in [0, 0.05) is 16.1 Å². The highest BCUT2D eigenvalue weighted by Gasteiger charge is 2.21. The minimum absolute atomic E-state index is 0.178. The molecule has 0 aliphatic rings. The predicted octanol–water partition coefficient (Wildman–Crippen LogP) is 5.68. The fraction of sp³-hybridized carbons (Fsp3) is 0.167. The maximum atomic E-state index is 14.5. The number of hydrogen-bond acceptors (Lipinski definition) is 2. The maximum Gasteiger partial charge on any atom is 0.252 e. The lowest BCUT2D eigenvalue weighted by molar-refractivity contribution is 0.0937. The van der Waals surface area contributed by atoms with Crippen LogP contribution in [0.1, 0.15) is 40.3 Å². The zero-order valence-corrected chi connectivity index (χ0v) is 17.4. The van der Waals surface area contributed by atoms with Gasteiger partial charge >= 0.3 is 0 Å². The quantitative estimate of drug-likeness (QED) is 0.451. The molecular formula is C24H21ClFN3O. The second-order valence-electron chi connectivity index (χ2n) is 7.26. The van der Waals surface area contributed by atoms with E-state index in [9.17, 15) is 9.18 Å². The molecule has 0 aliphatic carbocycles. The number of amides is 1. The van der Waals surface area contributed by atoms with E-state index in [1.54, 1.807) is 18.2 Å². The van der Waals surface area contributed by atoms with E-state index in [0.29, 0.717) is 22.0 Å². The first-order chi connectivity index (χ1) is 14.5. The summed E-state index contributed by atoms with van der Waals surface area (Å²) in [5.41, 5.74) is 3.53. The molecule has 30 heavy (non-hydrogen) atoms. The summed E-state index contributed by atoms with van der Waals surface area (Å²) < 4.78 is 16.4. The molecule has 1 aromatic heterocycles. The van der Waals surface area contributed by atoms with E-state index in [1.165, 1.54) is 6.07 Å². The summed E-state index contributed by atoms with van der Waals surface area (Å²) in [7, 11) is 0. The highest BCUT2D eigenvalue weighted by molar-refractivity contribution is 6.31. The van der Waals surface area contributed by atoms with Gasteiger partial charge in [-0.1, -0.05) is 48.0 Å². The molecule has 0 saturated heterocycles. The molecule has 0 saturated carbocycles. The number of nitrogens with one attached hydrogen (secondary N) is 1. The van der Waals surface area contributed by atoms with Crippen LogP contribution in [0.15, 0.2) is 66.7 Å². The molecule has 3 aromatic carbocycles. The third-order valence-corrected chi connectivity index (χ3v) is 5.54. The van der Waals surface area contributed by atoms with E-state index in [0.717, 1.165) is 16.6 Å². The number of carbonyl (C=O) groups is 1. The normalized spacial score (nSPS) is 12.1. The van der Waals surface area contributed by atoms with Crippen molar-refractivity contribution in [2.45, 2.75) is 26.4 Å². The number of para-hydroxylation sites is 2. The van der Waals surface area contributed by atoms with Gasteiger partial charge in [0.2, 0.25) is 0 Å². The monoisotopic (exact) mass is 421 g/mol. The summed E-state index contributed by atoms with van der Waals surface area (Å²) in [6, 6.07) is 19.3. The molecule has 0 fully saturated rings. The lowest BCUT2D eigenvalue weighted by atomic mass is 10.1. The smallest absolute Gasteiger partial charge is 0.252 e. The van der Waals surface area contributed by atoms with Gasteiger partial charge in [-0.3, -0.25) is 4.79 Å². The van der Waals surface area contributed by atoms with Gasteiger partial charge in [0.15, 0.2) is 0 Å². The topological polar surface area (TPSA) is 46.9 Å². The Morgan fingerprint density at radius 1 is 1.10 bits per heavy atom. The maximum absolute atomic E-state index is 14.5. The Morgan fingerprint density at radius 3 is 2.60 bits per heavy atom. The molecule has 0 radical (unpaired) electrons. The molecule has 4 rings (SSSR count). The van der Waals surface area contributed by atoms with Crippen molar-refractivity contribution in [1.29, 1.82) is 0 Å². The van der Waals surface area contributed by atoms with Crippen molar-refractivity contribution < 1.29 is 9.18 Å². The Morgan fingerprint density at radius 2 is 1.83 bits per heavy atom. The highest BCUT2D eigenvalue weighted by Crippen LogP contribution is 2.26. The number of benzene rings is 3. The van der Waals surface area contributed by atoms with Crippen LogP contribution >= 0.6 is 11.6 Å². The van der Waals surface area contributed by atoms with Gasteiger partial charge in [-0.25, -0.2) is 9.37 Å². The average Bonchev–Trinajstić information content (AvgIpc) is 3.10. The number of aromatic nitrogens is 2. The number of halogens is 2. The minimum atomic E-state index is -0.393. The van der Waals surface area contributed by atoms with Crippen molar-refractivity contribution in [1.82, 2.24) is 14.9 Å². The SMILES string of the molecule is Cc1ccccc1C(=O)NC(C)c1nc2ccccc2n1Cc1c(F)cccc1Cl. The lowest BCUT2D eigenvalue weighted by Crippen LogP contribution is -2.29. The van der Waals surface area contributed by atoms with Crippen molar-refractivity contribution in [3.8, 4) is 0 Å². The fourth-order valence-corrected chi connectivity index (χ4v) is 3.82. The van der Waals surface area contributed by atoms with Gasteiger partial charge in [0.25, 0.3) is 5.91 Å². The third kappa shape index (κ3) is 3.81. The van der Waals surface area contributed by atoms with Crippen molar-refractivity contribution in [2.24, 2.45) is 0 Å². The molecule has 152 valence electrons. The average molecular weight is 422 g/mol. The second kappa shape index (κ2) is 8.28. The first-order valence-electron chi connectivity index (χ1n) is 9.70. The Balaban J connectivity index is 1.73. The van der Waals surface area contributed by atoms with Gasteiger partial charge in [0.05, 0.1) is 23.6 Å². The van der Waals surface area contributed by atoms with Crippen LogP contribution in [-0.4, -0.2) is 15.5 Å². The van der Waals surface area contributed by atoms with Crippen molar-refractivity contribution >= 4 is 28.5 Å². The van der Waals surface area contributed by atoms with E-state index in [1.807, 2.05) is 60.9 Å². The van der Waals surface area contributed by atoms with Crippen LogP contribution in [-0.2, 0) is 6.54 Å². The number of aryl methyl sites for hydroxylation is 1. The van der Waals surface area contributed by atoms with Crippen LogP contribution in [0.4, 0.5) is 4.39 Å². The first kappa shape index (κ1) is 20.1. The summed E-state index contributed by atoms with van der Waals surface area (Å²) >= 11 is 6.27.